The van der Waals surface area contributed by atoms with Crippen molar-refractivity contribution in [2.24, 2.45) is 0 Å². The van der Waals surface area contributed by atoms with Crippen molar-refractivity contribution in [3.63, 3.8) is 0 Å². The van der Waals surface area contributed by atoms with Crippen molar-refractivity contribution in [3.05, 3.63) is 35.4 Å². The van der Waals surface area contributed by atoms with Gasteiger partial charge in [0.25, 0.3) is 5.91 Å². The SMILES string of the molecule is CCCCc1ccc(C(=O)N[C@@H](CC)CO)cc1. The zero-order valence-electron chi connectivity index (χ0n) is 11.3. The lowest BCUT2D eigenvalue weighted by atomic mass is 10.1. The van der Waals surface area contributed by atoms with Gasteiger partial charge in [-0.2, -0.15) is 0 Å². The molecule has 2 N–H and O–H groups in total. The summed E-state index contributed by atoms with van der Waals surface area (Å²) in [6, 6.07) is 7.56. The van der Waals surface area contributed by atoms with Crippen LogP contribution in [0.15, 0.2) is 24.3 Å². The van der Waals surface area contributed by atoms with Crippen molar-refractivity contribution in [2.75, 3.05) is 6.61 Å². The number of carbonyl (C=O) groups is 1. The van der Waals surface area contributed by atoms with Gasteiger partial charge in [-0.25, -0.2) is 0 Å². The molecule has 0 aliphatic rings. The Morgan fingerprint density at radius 3 is 2.44 bits per heavy atom. The van der Waals surface area contributed by atoms with Gasteiger partial charge in [0.2, 0.25) is 0 Å². The quantitative estimate of drug-likeness (QED) is 0.780. The Labute approximate surface area is 109 Å². The molecule has 0 bridgehead atoms. The van der Waals surface area contributed by atoms with E-state index in [4.69, 9.17) is 5.11 Å². The third-order valence-corrected chi connectivity index (χ3v) is 3.08. The topological polar surface area (TPSA) is 49.3 Å². The van der Waals surface area contributed by atoms with Crippen molar-refractivity contribution in [1.82, 2.24) is 5.32 Å². The summed E-state index contributed by atoms with van der Waals surface area (Å²) in [7, 11) is 0. The Balaban J connectivity index is 2.58. The monoisotopic (exact) mass is 249 g/mol. The number of carbonyl (C=O) groups excluding carboxylic acids is 1. The van der Waals surface area contributed by atoms with Crippen molar-refractivity contribution < 1.29 is 9.90 Å². The molecule has 1 aromatic carbocycles. The molecular weight excluding hydrogens is 226 g/mol. The standard InChI is InChI=1S/C15H23NO2/c1-3-5-6-12-7-9-13(10-8-12)15(18)16-14(4-2)11-17/h7-10,14,17H,3-6,11H2,1-2H3,(H,16,18)/t14-/m0/s1. The number of aliphatic hydroxyl groups excluding tert-OH is 1. The summed E-state index contributed by atoms with van der Waals surface area (Å²) in [6.07, 6.45) is 4.15. The highest BCUT2D eigenvalue weighted by atomic mass is 16.3. The van der Waals surface area contributed by atoms with E-state index in [9.17, 15) is 4.79 Å². The molecule has 3 heteroatoms. The van der Waals surface area contributed by atoms with Crippen LogP contribution in [0.25, 0.3) is 0 Å². The summed E-state index contributed by atoms with van der Waals surface area (Å²) in [5.74, 6) is -0.113. The van der Waals surface area contributed by atoms with Crippen molar-refractivity contribution >= 4 is 5.91 Å². The molecule has 0 saturated carbocycles. The first-order valence-corrected chi connectivity index (χ1v) is 6.71. The lowest BCUT2D eigenvalue weighted by molar-refractivity contribution is 0.0915. The first-order valence-electron chi connectivity index (χ1n) is 6.71. The largest absolute Gasteiger partial charge is 0.394 e. The van der Waals surface area contributed by atoms with Crippen LogP contribution in [0.2, 0.25) is 0 Å². The molecule has 0 unspecified atom stereocenters. The van der Waals surface area contributed by atoms with E-state index in [0.29, 0.717) is 5.56 Å². The molecule has 0 heterocycles. The average molecular weight is 249 g/mol. The summed E-state index contributed by atoms with van der Waals surface area (Å²) < 4.78 is 0. The van der Waals surface area contributed by atoms with Crippen LogP contribution in [0.5, 0.6) is 0 Å². The van der Waals surface area contributed by atoms with Gasteiger partial charge in [0.15, 0.2) is 0 Å². The smallest absolute Gasteiger partial charge is 0.251 e. The molecular formula is C15H23NO2. The molecule has 1 aromatic rings. The molecule has 1 amide bonds. The van der Waals surface area contributed by atoms with Crippen LogP contribution in [0, 0.1) is 0 Å². The molecule has 0 aliphatic carbocycles. The summed E-state index contributed by atoms with van der Waals surface area (Å²) in [6.45, 7) is 4.09. The lowest BCUT2D eigenvalue weighted by Crippen LogP contribution is -2.36. The average Bonchev–Trinajstić information content (AvgIpc) is 2.42. The molecule has 1 rings (SSSR count). The highest BCUT2D eigenvalue weighted by Gasteiger charge is 2.10. The van der Waals surface area contributed by atoms with Crippen molar-refractivity contribution in [1.29, 1.82) is 0 Å². The second-order valence-electron chi connectivity index (χ2n) is 4.56. The zero-order valence-corrected chi connectivity index (χ0v) is 11.3. The highest BCUT2D eigenvalue weighted by Crippen LogP contribution is 2.08. The van der Waals surface area contributed by atoms with Gasteiger partial charge < -0.3 is 10.4 Å². The second kappa shape index (κ2) is 7.88. The van der Waals surface area contributed by atoms with Crippen LogP contribution < -0.4 is 5.32 Å². The predicted octanol–water partition coefficient (Wildman–Crippen LogP) is 2.53. The molecule has 0 saturated heterocycles. The normalized spacial score (nSPS) is 12.2. The Kier molecular flexibility index (Phi) is 6.44. The van der Waals surface area contributed by atoms with E-state index in [-0.39, 0.29) is 18.6 Å². The van der Waals surface area contributed by atoms with Crippen molar-refractivity contribution in [2.45, 2.75) is 45.6 Å². The van der Waals surface area contributed by atoms with E-state index in [1.54, 1.807) is 0 Å². The summed E-state index contributed by atoms with van der Waals surface area (Å²) in [4.78, 5) is 11.9. The maximum Gasteiger partial charge on any atom is 0.251 e. The number of hydrogen-bond acceptors (Lipinski definition) is 2. The highest BCUT2D eigenvalue weighted by molar-refractivity contribution is 5.94. The molecule has 1 atom stereocenters. The van der Waals surface area contributed by atoms with Crippen LogP contribution in [0.4, 0.5) is 0 Å². The van der Waals surface area contributed by atoms with Crippen LogP contribution >= 0.6 is 0 Å². The third kappa shape index (κ3) is 4.49. The number of rotatable bonds is 7. The number of unbranched alkanes of at least 4 members (excludes halogenated alkanes) is 1. The Morgan fingerprint density at radius 1 is 1.28 bits per heavy atom. The molecule has 0 radical (unpaired) electrons. The fourth-order valence-corrected chi connectivity index (χ4v) is 1.75. The number of nitrogens with one attached hydrogen (secondary N) is 1. The number of hydrogen-bond donors (Lipinski definition) is 2. The van der Waals surface area contributed by atoms with E-state index >= 15 is 0 Å². The zero-order chi connectivity index (χ0) is 13.4. The van der Waals surface area contributed by atoms with Gasteiger partial charge in [-0.15, -0.1) is 0 Å². The van der Waals surface area contributed by atoms with Crippen LogP contribution in [-0.4, -0.2) is 23.7 Å². The summed E-state index contributed by atoms with van der Waals surface area (Å²) in [5.41, 5.74) is 1.92. The predicted molar refractivity (Wildman–Crippen MR) is 73.7 cm³/mol. The van der Waals surface area contributed by atoms with Gasteiger partial charge in [0.05, 0.1) is 12.6 Å². The van der Waals surface area contributed by atoms with Gasteiger partial charge in [0.1, 0.15) is 0 Å². The molecule has 0 fully saturated rings. The van der Waals surface area contributed by atoms with E-state index < -0.39 is 0 Å². The third-order valence-electron chi connectivity index (χ3n) is 3.08. The maximum absolute atomic E-state index is 11.9. The van der Waals surface area contributed by atoms with Crippen LogP contribution in [-0.2, 0) is 6.42 Å². The van der Waals surface area contributed by atoms with Crippen LogP contribution in [0.1, 0.15) is 49.0 Å². The van der Waals surface area contributed by atoms with Crippen LogP contribution in [0.3, 0.4) is 0 Å². The second-order valence-corrected chi connectivity index (χ2v) is 4.56. The summed E-state index contributed by atoms with van der Waals surface area (Å²) >= 11 is 0. The maximum atomic E-state index is 11.9. The van der Waals surface area contributed by atoms with Gasteiger partial charge in [0, 0.05) is 5.56 Å². The molecule has 18 heavy (non-hydrogen) atoms. The van der Waals surface area contributed by atoms with E-state index in [1.807, 2.05) is 31.2 Å². The lowest BCUT2D eigenvalue weighted by Gasteiger charge is -2.14. The Morgan fingerprint density at radius 2 is 1.94 bits per heavy atom. The van der Waals surface area contributed by atoms with Gasteiger partial charge >= 0.3 is 0 Å². The molecule has 100 valence electrons. The minimum absolute atomic E-state index is 0.0170. The first kappa shape index (κ1) is 14.7. The van der Waals surface area contributed by atoms with E-state index in [0.717, 1.165) is 12.8 Å². The molecule has 3 nitrogen and oxygen atoms in total. The Hall–Kier alpha value is -1.35. The van der Waals surface area contributed by atoms with Gasteiger partial charge in [-0.05, 0) is 37.0 Å². The number of aliphatic hydroxyl groups is 1. The molecule has 0 aliphatic heterocycles. The number of amides is 1. The number of benzene rings is 1. The Bertz CT molecular complexity index is 355. The fourth-order valence-electron chi connectivity index (χ4n) is 1.75. The summed E-state index contributed by atoms with van der Waals surface area (Å²) in [5, 5.41) is 11.9. The fraction of sp³-hybridized carbons (Fsp3) is 0.533. The first-order chi connectivity index (χ1) is 8.71. The van der Waals surface area contributed by atoms with Crippen molar-refractivity contribution in [3.8, 4) is 0 Å². The van der Waals surface area contributed by atoms with Gasteiger partial charge in [-0.3, -0.25) is 4.79 Å². The van der Waals surface area contributed by atoms with Gasteiger partial charge in [-0.1, -0.05) is 32.4 Å². The van der Waals surface area contributed by atoms with E-state index in [2.05, 4.69) is 12.2 Å². The molecule has 0 aromatic heterocycles. The molecule has 0 spiro atoms. The minimum Gasteiger partial charge on any atom is -0.394 e. The minimum atomic E-state index is -0.155. The number of aryl methyl sites for hydroxylation is 1. The van der Waals surface area contributed by atoms with E-state index in [1.165, 1.54) is 18.4 Å².